The van der Waals surface area contributed by atoms with E-state index in [2.05, 4.69) is 5.32 Å². The number of hydrogen-bond donors (Lipinski definition) is 2. The Labute approximate surface area is 115 Å². The second kappa shape index (κ2) is 7.14. The molecule has 20 heavy (non-hydrogen) atoms. The fourth-order valence-corrected chi connectivity index (χ4v) is 1.60. The second-order valence-electron chi connectivity index (χ2n) is 4.26. The van der Waals surface area contributed by atoms with Gasteiger partial charge in [-0.2, -0.15) is 13.2 Å². The molecule has 0 fully saturated rings. The van der Waals surface area contributed by atoms with Crippen LogP contribution in [0, 0.1) is 0 Å². The molecule has 112 valence electrons. The van der Waals surface area contributed by atoms with Crippen molar-refractivity contribution in [3.63, 3.8) is 0 Å². The maximum atomic E-state index is 12.6. The van der Waals surface area contributed by atoms with E-state index in [9.17, 15) is 18.0 Å². The Morgan fingerprint density at radius 1 is 1.35 bits per heavy atom. The first-order valence-electron chi connectivity index (χ1n) is 6.10. The number of ether oxygens (including phenoxy) is 1. The van der Waals surface area contributed by atoms with Crippen LogP contribution < -0.4 is 11.1 Å². The number of nitrogens with two attached hydrogens (primary N) is 1. The highest BCUT2D eigenvalue weighted by Gasteiger charge is 2.31. The van der Waals surface area contributed by atoms with E-state index < -0.39 is 17.6 Å². The molecule has 7 heteroatoms. The van der Waals surface area contributed by atoms with Crippen molar-refractivity contribution >= 4 is 11.6 Å². The molecule has 0 aliphatic heterocycles. The quantitative estimate of drug-likeness (QED) is 0.625. The van der Waals surface area contributed by atoms with E-state index in [1.54, 1.807) is 7.11 Å². The molecule has 0 aliphatic rings. The number of alkyl halides is 3. The lowest BCUT2D eigenvalue weighted by Gasteiger charge is -2.11. The molecule has 0 spiro atoms. The molecule has 0 saturated heterocycles. The first kappa shape index (κ1) is 16.3. The summed E-state index contributed by atoms with van der Waals surface area (Å²) >= 11 is 0. The lowest BCUT2D eigenvalue weighted by Crippen LogP contribution is -2.26. The van der Waals surface area contributed by atoms with Gasteiger partial charge in [-0.3, -0.25) is 4.79 Å². The van der Waals surface area contributed by atoms with Crippen LogP contribution in [0.1, 0.15) is 28.8 Å². The van der Waals surface area contributed by atoms with Gasteiger partial charge in [0.2, 0.25) is 0 Å². The standard InChI is InChI=1S/C13H17F3N2O2/c1-20-7-3-2-6-18-12(19)10-8-9(13(14,15)16)4-5-11(10)17/h4-5,8H,2-3,6-7,17H2,1H3,(H,18,19). The molecule has 0 radical (unpaired) electrons. The monoisotopic (exact) mass is 290 g/mol. The summed E-state index contributed by atoms with van der Waals surface area (Å²) in [4.78, 5) is 11.8. The number of unbranched alkanes of at least 4 members (excludes halogenated alkanes) is 1. The third-order valence-corrected chi connectivity index (χ3v) is 2.69. The van der Waals surface area contributed by atoms with Crippen LogP contribution in [-0.4, -0.2) is 26.2 Å². The maximum Gasteiger partial charge on any atom is 0.416 e. The molecule has 1 rings (SSSR count). The van der Waals surface area contributed by atoms with Crippen LogP contribution in [0.5, 0.6) is 0 Å². The van der Waals surface area contributed by atoms with Crippen molar-refractivity contribution in [2.75, 3.05) is 26.0 Å². The predicted octanol–water partition coefficient (Wildman–Crippen LogP) is 2.44. The lowest BCUT2D eigenvalue weighted by atomic mass is 10.1. The van der Waals surface area contributed by atoms with Crippen LogP contribution in [0.15, 0.2) is 18.2 Å². The number of carbonyl (C=O) groups is 1. The number of halogens is 3. The molecule has 0 heterocycles. The number of carbonyl (C=O) groups excluding carboxylic acids is 1. The Bertz CT molecular complexity index is 461. The van der Waals surface area contributed by atoms with Gasteiger partial charge in [0.1, 0.15) is 0 Å². The number of benzene rings is 1. The highest BCUT2D eigenvalue weighted by atomic mass is 19.4. The molecule has 0 atom stereocenters. The van der Waals surface area contributed by atoms with Crippen molar-refractivity contribution in [3.05, 3.63) is 29.3 Å². The van der Waals surface area contributed by atoms with Crippen LogP contribution in [0.3, 0.4) is 0 Å². The van der Waals surface area contributed by atoms with Gasteiger partial charge in [0.05, 0.1) is 11.1 Å². The Hall–Kier alpha value is -1.76. The minimum atomic E-state index is -4.50. The van der Waals surface area contributed by atoms with Gasteiger partial charge in [0.15, 0.2) is 0 Å². The third-order valence-electron chi connectivity index (χ3n) is 2.69. The topological polar surface area (TPSA) is 64.3 Å². The average Bonchev–Trinajstić information content (AvgIpc) is 2.37. The maximum absolute atomic E-state index is 12.6. The van der Waals surface area contributed by atoms with E-state index in [-0.39, 0.29) is 11.3 Å². The van der Waals surface area contributed by atoms with Crippen LogP contribution in [0.2, 0.25) is 0 Å². The molecule has 3 N–H and O–H groups in total. The summed E-state index contributed by atoms with van der Waals surface area (Å²) in [6, 6.07) is 2.70. The molecule has 0 aliphatic carbocycles. The van der Waals surface area contributed by atoms with Crippen molar-refractivity contribution < 1.29 is 22.7 Å². The summed E-state index contributed by atoms with van der Waals surface area (Å²) in [5.74, 6) is -0.606. The van der Waals surface area contributed by atoms with E-state index in [1.165, 1.54) is 0 Å². The van der Waals surface area contributed by atoms with Crippen LogP contribution >= 0.6 is 0 Å². The number of hydrogen-bond acceptors (Lipinski definition) is 3. The fraction of sp³-hybridized carbons (Fsp3) is 0.462. The van der Waals surface area contributed by atoms with Crippen molar-refractivity contribution in [1.82, 2.24) is 5.32 Å². The zero-order chi connectivity index (χ0) is 15.2. The van der Waals surface area contributed by atoms with Crippen LogP contribution in [-0.2, 0) is 10.9 Å². The van der Waals surface area contributed by atoms with E-state index in [4.69, 9.17) is 10.5 Å². The molecule has 1 aromatic rings. The van der Waals surface area contributed by atoms with Crippen molar-refractivity contribution in [2.24, 2.45) is 0 Å². The molecule has 1 aromatic carbocycles. The third kappa shape index (κ3) is 4.73. The Balaban J connectivity index is 2.67. The molecule has 0 aromatic heterocycles. The van der Waals surface area contributed by atoms with Crippen molar-refractivity contribution in [2.45, 2.75) is 19.0 Å². The van der Waals surface area contributed by atoms with Gasteiger partial charge in [-0.1, -0.05) is 0 Å². The molecule has 0 bridgehead atoms. The van der Waals surface area contributed by atoms with Gasteiger partial charge >= 0.3 is 6.18 Å². The number of methoxy groups -OCH3 is 1. The summed E-state index contributed by atoms with van der Waals surface area (Å²) < 4.78 is 42.6. The summed E-state index contributed by atoms with van der Waals surface area (Å²) in [6.45, 7) is 0.930. The van der Waals surface area contributed by atoms with E-state index in [0.717, 1.165) is 24.6 Å². The smallest absolute Gasteiger partial charge is 0.398 e. The predicted molar refractivity (Wildman–Crippen MR) is 69.3 cm³/mol. The minimum absolute atomic E-state index is 0.0207. The first-order valence-corrected chi connectivity index (χ1v) is 6.10. The largest absolute Gasteiger partial charge is 0.416 e. The van der Waals surface area contributed by atoms with Gasteiger partial charge in [-0.25, -0.2) is 0 Å². The van der Waals surface area contributed by atoms with Gasteiger partial charge in [-0.05, 0) is 31.0 Å². The van der Waals surface area contributed by atoms with Gasteiger partial charge in [0, 0.05) is 25.9 Å². The molecular weight excluding hydrogens is 273 g/mol. The summed E-state index contributed by atoms with van der Waals surface area (Å²) in [6.07, 6.45) is -3.06. The molecule has 4 nitrogen and oxygen atoms in total. The SMILES string of the molecule is COCCCCNC(=O)c1cc(C(F)(F)F)ccc1N. The number of amides is 1. The highest BCUT2D eigenvalue weighted by Crippen LogP contribution is 2.31. The molecule has 0 unspecified atom stereocenters. The number of rotatable bonds is 6. The zero-order valence-electron chi connectivity index (χ0n) is 11.1. The van der Waals surface area contributed by atoms with E-state index >= 15 is 0 Å². The van der Waals surface area contributed by atoms with Crippen molar-refractivity contribution in [1.29, 1.82) is 0 Å². The Morgan fingerprint density at radius 3 is 2.65 bits per heavy atom. The minimum Gasteiger partial charge on any atom is -0.398 e. The highest BCUT2D eigenvalue weighted by molar-refractivity contribution is 5.99. The molecule has 0 saturated carbocycles. The molecule has 1 amide bonds. The molecular formula is C13H17F3N2O2. The second-order valence-corrected chi connectivity index (χ2v) is 4.26. The number of nitrogen functional groups attached to an aromatic ring is 1. The van der Waals surface area contributed by atoms with Gasteiger partial charge in [0.25, 0.3) is 5.91 Å². The van der Waals surface area contributed by atoms with Crippen LogP contribution in [0.25, 0.3) is 0 Å². The van der Waals surface area contributed by atoms with Gasteiger partial charge in [-0.15, -0.1) is 0 Å². The fourth-order valence-electron chi connectivity index (χ4n) is 1.60. The average molecular weight is 290 g/mol. The summed E-state index contributed by atoms with van der Waals surface area (Å²) in [7, 11) is 1.57. The van der Waals surface area contributed by atoms with E-state index in [0.29, 0.717) is 19.6 Å². The number of nitrogens with one attached hydrogen (secondary N) is 1. The number of anilines is 1. The lowest BCUT2D eigenvalue weighted by molar-refractivity contribution is -0.137. The summed E-state index contributed by atoms with van der Waals surface area (Å²) in [5, 5.41) is 2.54. The van der Waals surface area contributed by atoms with Gasteiger partial charge < -0.3 is 15.8 Å². The Kier molecular flexibility index (Phi) is 5.82. The van der Waals surface area contributed by atoms with Crippen LogP contribution in [0.4, 0.5) is 18.9 Å². The first-order chi connectivity index (χ1) is 9.36. The Morgan fingerprint density at radius 2 is 2.05 bits per heavy atom. The van der Waals surface area contributed by atoms with Crippen molar-refractivity contribution in [3.8, 4) is 0 Å². The van der Waals surface area contributed by atoms with E-state index in [1.807, 2.05) is 0 Å². The normalized spacial score (nSPS) is 11.4. The zero-order valence-corrected chi connectivity index (χ0v) is 11.1. The summed E-state index contributed by atoms with van der Waals surface area (Å²) in [5.41, 5.74) is 4.51.